The number of carbonyl (C=O) groups excluding carboxylic acids is 3. The summed E-state index contributed by atoms with van der Waals surface area (Å²) in [6.45, 7) is -0.439. The van der Waals surface area contributed by atoms with Crippen molar-refractivity contribution < 1.29 is 23.9 Å². The van der Waals surface area contributed by atoms with Crippen LogP contribution in [-0.2, 0) is 27.1 Å². The lowest BCUT2D eigenvalue weighted by Crippen LogP contribution is -2.22. The Labute approximate surface area is 157 Å². The van der Waals surface area contributed by atoms with Gasteiger partial charge in [-0.05, 0) is 61.1 Å². The third-order valence-electron chi connectivity index (χ3n) is 4.53. The van der Waals surface area contributed by atoms with E-state index in [2.05, 4.69) is 10.1 Å². The highest BCUT2D eigenvalue weighted by molar-refractivity contribution is 6.02. The zero-order chi connectivity index (χ0) is 19.2. The first-order valence-corrected chi connectivity index (χ1v) is 8.84. The van der Waals surface area contributed by atoms with Crippen molar-refractivity contribution in [2.45, 2.75) is 25.7 Å². The Hall–Kier alpha value is -3.15. The van der Waals surface area contributed by atoms with Gasteiger partial charge in [-0.25, -0.2) is 9.59 Å². The zero-order valence-electron chi connectivity index (χ0n) is 15.1. The number of fused-ring (bicyclic) bond motifs is 1. The van der Waals surface area contributed by atoms with Crippen LogP contribution in [0.5, 0.6) is 0 Å². The van der Waals surface area contributed by atoms with Gasteiger partial charge in [0.05, 0.1) is 23.9 Å². The van der Waals surface area contributed by atoms with Gasteiger partial charge in [-0.1, -0.05) is 18.2 Å². The molecule has 0 unspecified atom stereocenters. The molecule has 2 aromatic rings. The molecule has 0 saturated heterocycles. The minimum atomic E-state index is -0.558. The minimum Gasteiger partial charge on any atom is -0.465 e. The van der Waals surface area contributed by atoms with Gasteiger partial charge in [-0.3, -0.25) is 4.79 Å². The number of para-hydroxylation sites is 1. The molecule has 27 heavy (non-hydrogen) atoms. The summed E-state index contributed by atoms with van der Waals surface area (Å²) in [4.78, 5) is 36.1. The largest absolute Gasteiger partial charge is 0.465 e. The van der Waals surface area contributed by atoms with Gasteiger partial charge in [0.15, 0.2) is 6.61 Å². The van der Waals surface area contributed by atoms with Gasteiger partial charge in [-0.2, -0.15) is 0 Å². The zero-order valence-corrected chi connectivity index (χ0v) is 15.1. The van der Waals surface area contributed by atoms with Crippen molar-refractivity contribution in [2.75, 3.05) is 19.0 Å². The average molecular weight is 367 g/mol. The predicted octanol–water partition coefficient (Wildman–Crippen LogP) is 3.15. The summed E-state index contributed by atoms with van der Waals surface area (Å²) in [6.07, 6.45) is 4.28. The molecular formula is C21H21NO5. The number of methoxy groups -OCH3 is 1. The molecule has 0 spiro atoms. The monoisotopic (exact) mass is 367 g/mol. The third-order valence-corrected chi connectivity index (χ3v) is 4.53. The standard InChI is InChI=1S/C21H21NO5/c1-26-21(25)17-8-4-5-9-18(17)22-19(23)13-27-20(24)16-11-10-14-6-2-3-7-15(14)12-16/h4-5,8-12H,2-3,6-7,13H2,1H3,(H,22,23). The first-order valence-electron chi connectivity index (χ1n) is 8.84. The van der Waals surface area contributed by atoms with Gasteiger partial charge >= 0.3 is 11.9 Å². The highest BCUT2D eigenvalue weighted by Crippen LogP contribution is 2.22. The minimum absolute atomic E-state index is 0.231. The van der Waals surface area contributed by atoms with Crippen molar-refractivity contribution in [2.24, 2.45) is 0 Å². The molecule has 0 heterocycles. The van der Waals surface area contributed by atoms with Gasteiger partial charge in [0.1, 0.15) is 0 Å². The number of rotatable bonds is 5. The number of anilines is 1. The number of aryl methyl sites for hydroxylation is 2. The number of hydrogen-bond acceptors (Lipinski definition) is 5. The number of ether oxygens (including phenoxy) is 2. The Morgan fingerprint density at radius 3 is 2.48 bits per heavy atom. The van der Waals surface area contributed by atoms with E-state index in [9.17, 15) is 14.4 Å². The topological polar surface area (TPSA) is 81.7 Å². The van der Waals surface area contributed by atoms with Crippen LogP contribution in [-0.4, -0.2) is 31.6 Å². The number of nitrogens with one attached hydrogen (secondary N) is 1. The SMILES string of the molecule is COC(=O)c1ccccc1NC(=O)COC(=O)c1ccc2c(c1)CCCC2. The van der Waals surface area contributed by atoms with Crippen molar-refractivity contribution in [3.05, 3.63) is 64.7 Å². The van der Waals surface area contributed by atoms with E-state index in [4.69, 9.17) is 4.74 Å². The third kappa shape index (κ3) is 4.53. The van der Waals surface area contributed by atoms with E-state index < -0.39 is 24.5 Å². The first-order chi connectivity index (χ1) is 13.1. The lowest BCUT2D eigenvalue weighted by molar-refractivity contribution is -0.119. The normalized spacial score (nSPS) is 12.6. The van der Waals surface area contributed by atoms with E-state index >= 15 is 0 Å². The molecule has 6 heteroatoms. The summed E-state index contributed by atoms with van der Waals surface area (Å²) in [7, 11) is 1.27. The summed E-state index contributed by atoms with van der Waals surface area (Å²) < 4.78 is 9.80. The Balaban J connectivity index is 1.60. The predicted molar refractivity (Wildman–Crippen MR) is 99.8 cm³/mol. The number of carbonyl (C=O) groups is 3. The van der Waals surface area contributed by atoms with Crippen molar-refractivity contribution in [3.8, 4) is 0 Å². The molecule has 1 aliphatic rings. The van der Waals surface area contributed by atoms with Crippen LogP contribution in [0.25, 0.3) is 0 Å². The lowest BCUT2D eigenvalue weighted by Gasteiger charge is -2.16. The van der Waals surface area contributed by atoms with E-state index in [0.29, 0.717) is 11.3 Å². The fourth-order valence-corrected chi connectivity index (χ4v) is 3.14. The molecule has 3 rings (SSSR count). The van der Waals surface area contributed by atoms with Gasteiger partial charge in [0.25, 0.3) is 5.91 Å². The van der Waals surface area contributed by atoms with Crippen LogP contribution in [0, 0.1) is 0 Å². The van der Waals surface area contributed by atoms with E-state index in [1.165, 1.54) is 24.7 Å². The fraction of sp³-hybridized carbons (Fsp3) is 0.286. The van der Waals surface area contributed by atoms with E-state index in [1.807, 2.05) is 12.1 Å². The highest BCUT2D eigenvalue weighted by atomic mass is 16.5. The van der Waals surface area contributed by atoms with Gasteiger partial charge < -0.3 is 14.8 Å². The molecule has 1 aliphatic carbocycles. The maximum absolute atomic E-state index is 12.2. The van der Waals surface area contributed by atoms with Gasteiger partial charge in [-0.15, -0.1) is 0 Å². The second-order valence-corrected chi connectivity index (χ2v) is 6.35. The fourth-order valence-electron chi connectivity index (χ4n) is 3.14. The Morgan fingerprint density at radius 2 is 1.70 bits per heavy atom. The summed E-state index contributed by atoms with van der Waals surface area (Å²) >= 11 is 0. The summed E-state index contributed by atoms with van der Waals surface area (Å²) in [6, 6.07) is 12.0. The Bertz CT molecular complexity index is 875. The molecule has 2 aromatic carbocycles. The molecule has 1 N–H and O–H groups in total. The van der Waals surface area contributed by atoms with Crippen LogP contribution in [0.2, 0.25) is 0 Å². The maximum atomic E-state index is 12.2. The molecule has 0 aliphatic heterocycles. The van der Waals surface area contributed by atoms with Crippen molar-refractivity contribution in [3.63, 3.8) is 0 Å². The van der Waals surface area contributed by atoms with Crippen molar-refractivity contribution in [1.82, 2.24) is 0 Å². The molecule has 0 radical (unpaired) electrons. The van der Waals surface area contributed by atoms with Crippen LogP contribution < -0.4 is 5.32 Å². The average Bonchev–Trinajstić information content (AvgIpc) is 2.71. The smallest absolute Gasteiger partial charge is 0.339 e. The van der Waals surface area contributed by atoms with Crippen molar-refractivity contribution in [1.29, 1.82) is 0 Å². The summed E-state index contributed by atoms with van der Waals surface area (Å²) in [5.74, 6) is -1.63. The molecular weight excluding hydrogens is 346 g/mol. The van der Waals surface area contributed by atoms with Crippen molar-refractivity contribution >= 4 is 23.5 Å². The molecule has 0 saturated carbocycles. The molecule has 0 fully saturated rings. The van der Waals surface area contributed by atoms with Crippen LogP contribution in [0.15, 0.2) is 42.5 Å². The maximum Gasteiger partial charge on any atom is 0.339 e. The van der Waals surface area contributed by atoms with Gasteiger partial charge in [0, 0.05) is 0 Å². The quantitative estimate of drug-likeness (QED) is 0.821. The number of amides is 1. The lowest BCUT2D eigenvalue weighted by atomic mass is 9.90. The van der Waals surface area contributed by atoms with Crippen LogP contribution in [0.3, 0.4) is 0 Å². The highest BCUT2D eigenvalue weighted by Gasteiger charge is 2.16. The number of hydrogen-bond donors (Lipinski definition) is 1. The number of benzene rings is 2. The Morgan fingerprint density at radius 1 is 0.963 bits per heavy atom. The molecule has 0 atom stereocenters. The molecule has 0 bridgehead atoms. The van der Waals surface area contributed by atoms with Crippen LogP contribution >= 0.6 is 0 Å². The number of esters is 2. The Kier molecular flexibility index (Phi) is 5.86. The molecule has 0 aromatic heterocycles. The summed E-state index contributed by atoms with van der Waals surface area (Å²) in [5.41, 5.74) is 3.43. The first kappa shape index (κ1) is 18.6. The molecule has 140 valence electrons. The summed E-state index contributed by atoms with van der Waals surface area (Å²) in [5, 5.41) is 2.57. The van der Waals surface area contributed by atoms with Gasteiger partial charge in [0.2, 0.25) is 0 Å². The van der Waals surface area contributed by atoms with Crippen LogP contribution in [0.4, 0.5) is 5.69 Å². The van der Waals surface area contributed by atoms with E-state index in [-0.39, 0.29) is 5.56 Å². The molecule has 6 nitrogen and oxygen atoms in total. The second-order valence-electron chi connectivity index (χ2n) is 6.35. The molecule has 1 amide bonds. The van der Waals surface area contributed by atoms with E-state index in [1.54, 1.807) is 30.3 Å². The van der Waals surface area contributed by atoms with Crippen LogP contribution in [0.1, 0.15) is 44.7 Å². The van der Waals surface area contributed by atoms with E-state index in [0.717, 1.165) is 19.3 Å². The second kappa shape index (κ2) is 8.49.